The van der Waals surface area contributed by atoms with Crippen molar-refractivity contribution in [1.82, 2.24) is 0 Å². The summed E-state index contributed by atoms with van der Waals surface area (Å²) in [5.74, 6) is -16.3. The van der Waals surface area contributed by atoms with Crippen LogP contribution < -0.4 is 0 Å². The number of aryl methyl sites for hydroxylation is 2. The molecule has 0 saturated heterocycles. The minimum atomic E-state index is -5.78. The van der Waals surface area contributed by atoms with E-state index in [9.17, 15) is 21.0 Å². The first-order valence-electron chi connectivity index (χ1n) is 28.2. The molecule has 12 heteroatoms. The highest BCUT2D eigenvalue weighted by Gasteiger charge is 2.80. The van der Waals surface area contributed by atoms with E-state index < -0.39 is 40.0 Å². The van der Waals surface area contributed by atoms with Gasteiger partial charge in [0.25, 0.3) is 0 Å². The first-order valence-corrected chi connectivity index (χ1v) is 29.8. The summed E-state index contributed by atoms with van der Waals surface area (Å²) in [6.45, 7) is 6.40. The molecule has 10 aromatic rings. The van der Waals surface area contributed by atoms with Crippen LogP contribution in [0.25, 0.3) is 65.5 Å². The van der Waals surface area contributed by atoms with Gasteiger partial charge in [-0.05, 0) is 151 Å². The molecule has 11 rings (SSSR count). The number of allylic oxidation sites excluding steroid dienone is 6. The van der Waals surface area contributed by atoms with E-state index in [-0.39, 0.29) is 20.9 Å². The zero-order valence-electron chi connectivity index (χ0n) is 48.3. The summed E-state index contributed by atoms with van der Waals surface area (Å²) in [4.78, 5) is 1.12. The Balaban J connectivity index is 0.989. The SMILES string of the molecule is CC(=C(C#N)C#N)c1ccc(C(=C(c2ccccc2)c2ccc(-c3cc(C4=C(c5cc(-c6ccc(C(=C(c7ccccc7)c7ccc(C(C)=C(C#N)C#N)cc7)c7ccccc7)cc6)sc5C)C(F)(F)C(F)(F)C4(F)F)c(C)s3)cc2)c2ccccc2)cc1. The number of hydrogen-bond acceptors (Lipinski definition) is 6. The lowest BCUT2D eigenvalue weighted by Gasteiger charge is -2.25. The summed E-state index contributed by atoms with van der Waals surface area (Å²) in [5.41, 5.74) is 10.2. The van der Waals surface area contributed by atoms with Crippen LogP contribution >= 0.6 is 22.7 Å². The van der Waals surface area contributed by atoms with Gasteiger partial charge in [0.2, 0.25) is 0 Å². The van der Waals surface area contributed by atoms with Crippen LogP contribution in [-0.2, 0) is 0 Å². The van der Waals surface area contributed by atoms with E-state index >= 15 is 26.3 Å². The second kappa shape index (κ2) is 24.6. The van der Waals surface area contributed by atoms with Crippen LogP contribution in [0.3, 0.4) is 0 Å². The van der Waals surface area contributed by atoms with Gasteiger partial charge in [-0.3, -0.25) is 0 Å². The lowest BCUT2D eigenvalue weighted by atomic mass is 9.85. The van der Waals surface area contributed by atoms with Crippen LogP contribution in [0.4, 0.5) is 26.3 Å². The van der Waals surface area contributed by atoms with E-state index in [1.54, 1.807) is 38.1 Å². The number of alkyl halides is 6. The first-order chi connectivity index (χ1) is 42.9. The number of benzene rings is 8. The van der Waals surface area contributed by atoms with Gasteiger partial charge in [0.15, 0.2) is 0 Å². The van der Waals surface area contributed by atoms with Crippen molar-refractivity contribution in [1.29, 1.82) is 21.0 Å². The molecule has 4 nitrogen and oxygen atoms in total. The Kier molecular flexibility index (Phi) is 16.6. The quantitative estimate of drug-likeness (QED) is 0.0616. The van der Waals surface area contributed by atoms with Gasteiger partial charge < -0.3 is 0 Å². The zero-order chi connectivity index (χ0) is 62.8. The van der Waals surface area contributed by atoms with Crippen molar-refractivity contribution in [2.24, 2.45) is 0 Å². The fourth-order valence-corrected chi connectivity index (χ4v) is 13.5. The molecule has 432 valence electrons. The molecule has 8 aromatic carbocycles. The van der Waals surface area contributed by atoms with E-state index in [0.717, 1.165) is 89.5 Å². The Morgan fingerprint density at radius 2 is 0.551 bits per heavy atom. The van der Waals surface area contributed by atoms with Crippen molar-refractivity contribution in [2.45, 2.75) is 45.5 Å². The number of thiophene rings is 2. The summed E-state index contributed by atoms with van der Waals surface area (Å²) >= 11 is 2.09. The smallest absolute Gasteiger partial charge is 0.194 e. The fourth-order valence-electron chi connectivity index (χ4n) is 11.5. The summed E-state index contributed by atoms with van der Waals surface area (Å²) in [6, 6.07) is 79.4. The molecule has 1 aliphatic carbocycles. The molecule has 1 aliphatic rings. The van der Waals surface area contributed by atoms with Crippen molar-refractivity contribution in [3.8, 4) is 45.2 Å². The topological polar surface area (TPSA) is 95.2 Å². The summed E-state index contributed by atoms with van der Waals surface area (Å²) in [7, 11) is 0. The first kappa shape index (κ1) is 60.1. The summed E-state index contributed by atoms with van der Waals surface area (Å²) < 4.78 is 98.9. The zero-order valence-corrected chi connectivity index (χ0v) is 49.9. The number of nitriles is 4. The van der Waals surface area contributed by atoms with Crippen LogP contribution in [0.2, 0.25) is 0 Å². The molecular weight excluding hydrogens is 1160 g/mol. The van der Waals surface area contributed by atoms with Gasteiger partial charge in [-0.25, -0.2) is 0 Å². The summed E-state index contributed by atoms with van der Waals surface area (Å²) in [5, 5.41) is 38.3. The molecule has 0 fully saturated rings. The lowest BCUT2D eigenvalue weighted by molar-refractivity contribution is -0.254. The van der Waals surface area contributed by atoms with Gasteiger partial charge in [-0.1, -0.05) is 218 Å². The highest BCUT2D eigenvalue weighted by Crippen LogP contribution is 2.66. The molecule has 0 aliphatic heterocycles. The highest BCUT2D eigenvalue weighted by molar-refractivity contribution is 7.16. The van der Waals surface area contributed by atoms with E-state index in [2.05, 4.69) is 0 Å². The van der Waals surface area contributed by atoms with Crippen LogP contribution in [0, 0.1) is 59.2 Å². The largest absolute Gasteiger partial charge is 0.380 e. The third-order valence-electron chi connectivity index (χ3n) is 16.1. The van der Waals surface area contributed by atoms with Gasteiger partial charge in [-0.2, -0.15) is 47.4 Å². The molecule has 0 N–H and O–H groups in total. The van der Waals surface area contributed by atoms with Crippen molar-refractivity contribution >= 4 is 67.3 Å². The van der Waals surface area contributed by atoms with Crippen molar-refractivity contribution in [3.63, 3.8) is 0 Å². The highest BCUT2D eigenvalue weighted by atomic mass is 32.1. The number of rotatable bonds is 14. The number of hydrogen-bond donors (Lipinski definition) is 0. The fraction of sp³-hybridized carbons (Fsp3) is 0.0909. The molecule has 2 heterocycles. The molecule has 89 heavy (non-hydrogen) atoms. The van der Waals surface area contributed by atoms with Gasteiger partial charge in [-0.15, -0.1) is 22.7 Å². The molecule has 0 saturated carbocycles. The summed E-state index contributed by atoms with van der Waals surface area (Å²) in [6.07, 6.45) is 0. The average molecular weight is 1210 g/mol. The van der Waals surface area contributed by atoms with E-state index in [0.29, 0.717) is 43.2 Å². The van der Waals surface area contributed by atoms with Gasteiger partial charge >= 0.3 is 17.8 Å². The number of halogens is 6. The molecule has 0 radical (unpaired) electrons. The van der Waals surface area contributed by atoms with E-state index in [1.165, 1.54) is 26.0 Å². The van der Waals surface area contributed by atoms with Gasteiger partial charge in [0.05, 0.1) is 0 Å². The Morgan fingerprint density at radius 1 is 0.326 bits per heavy atom. The molecule has 2 aromatic heterocycles. The van der Waals surface area contributed by atoms with Crippen LogP contribution in [-0.4, -0.2) is 17.8 Å². The van der Waals surface area contributed by atoms with Gasteiger partial charge in [0.1, 0.15) is 35.4 Å². The average Bonchev–Trinajstić information content (AvgIpc) is 1.54. The van der Waals surface area contributed by atoms with Crippen molar-refractivity contribution < 1.29 is 26.3 Å². The normalized spacial score (nSPS) is 14.3. The third-order valence-corrected chi connectivity index (χ3v) is 18.3. The van der Waals surface area contributed by atoms with E-state index in [1.807, 2.05) is 218 Å². The molecule has 0 atom stereocenters. The molecule has 0 bridgehead atoms. The number of nitrogens with zero attached hydrogens (tertiary/aromatic N) is 4. The second-order valence-corrected chi connectivity index (χ2v) is 23.9. The third kappa shape index (κ3) is 11.1. The Bertz CT molecular complexity index is 4370. The maximum absolute atomic E-state index is 16.7. The van der Waals surface area contributed by atoms with Crippen molar-refractivity contribution in [3.05, 3.63) is 318 Å². The second-order valence-electron chi connectivity index (χ2n) is 21.4. The predicted octanol–water partition coefficient (Wildman–Crippen LogP) is 21.2. The van der Waals surface area contributed by atoms with Crippen LogP contribution in [0.1, 0.15) is 90.4 Å². The molecule has 0 unspecified atom stereocenters. The minimum Gasteiger partial charge on any atom is -0.194 e. The standard InChI is InChI=1S/C77H50F6N4S2/c1-47(63(43-84)44-85)51-25-33-59(34-26-51)69(55-17-9-5-10-18-55)71(57-21-13-7-14-22-57)61-37-29-53(30-38-61)67-41-65(49(3)88-67)73-74(76(80,81)77(82,83)75(73,78)79)66-42-68(89-50(66)4)54-31-39-62(40-32-54)72(58-23-15-8-16-24-58)70(56-19-11-6-12-20-56)60-35-27-52(28-36-60)48(2)64(45-86)46-87/h5-42H,1-4H3. The van der Waals surface area contributed by atoms with Gasteiger partial charge in [0, 0.05) is 30.7 Å². The Hall–Kier alpha value is -10.6. The monoisotopic (exact) mass is 1210 g/mol. The molecule has 0 amide bonds. The predicted molar refractivity (Wildman–Crippen MR) is 347 cm³/mol. The maximum atomic E-state index is 16.7. The molecule has 0 spiro atoms. The van der Waals surface area contributed by atoms with Crippen LogP contribution in [0.15, 0.2) is 242 Å². The van der Waals surface area contributed by atoms with E-state index in [4.69, 9.17) is 0 Å². The van der Waals surface area contributed by atoms with Crippen LogP contribution in [0.5, 0.6) is 0 Å². The molecular formula is C77H50F6N4S2. The lowest BCUT2D eigenvalue weighted by Crippen LogP contribution is -2.48. The Morgan fingerprint density at radius 3 is 0.798 bits per heavy atom. The Labute approximate surface area is 520 Å². The van der Waals surface area contributed by atoms with Crippen molar-refractivity contribution in [2.75, 3.05) is 0 Å². The minimum absolute atomic E-state index is 0.00826. The maximum Gasteiger partial charge on any atom is 0.380 e.